The minimum Gasteiger partial charge on any atom is -0.317 e. The summed E-state index contributed by atoms with van der Waals surface area (Å²) in [5.74, 6) is 0. The SMILES string of the molecule is CCC(CCCN1CCN(C)CC1C)NC. The van der Waals surface area contributed by atoms with Gasteiger partial charge in [-0.2, -0.15) is 0 Å². The maximum atomic E-state index is 3.38. The Labute approximate surface area is 101 Å². The van der Waals surface area contributed by atoms with Gasteiger partial charge in [0.2, 0.25) is 0 Å². The van der Waals surface area contributed by atoms with Crippen LogP contribution in [-0.4, -0.2) is 62.2 Å². The van der Waals surface area contributed by atoms with Crippen LogP contribution in [0.25, 0.3) is 0 Å². The van der Waals surface area contributed by atoms with Crippen molar-refractivity contribution in [3.05, 3.63) is 0 Å². The van der Waals surface area contributed by atoms with Crippen LogP contribution in [0.2, 0.25) is 0 Å². The summed E-state index contributed by atoms with van der Waals surface area (Å²) in [6.45, 7) is 9.59. The van der Waals surface area contributed by atoms with Crippen LogP contribution in [0.15, 0.2) is 0 Å². The summed E-state index contributed by atoms with van der Waals surface area (Å²) in [5, 5.41) is 3.38. The molecule has 1 heterocycles. The van der Waals surface area contributed by atoms with Crippen molar-refractivity contribution in [3.63, 3.8) is 0 Å². The molecule has 0 aliphatic carbocycles. The summed E-state index contributed by atoms with van der Waals surface area (Å²) < 4.78 is 0. The van der Waals surface area contributed by atoms with Crippen molar-refractivity contribution in [2.75, 3.05) is 40.3 Å². The molecule has 1 rings (SSSR count). The van der Waals surface area contributed by atoms with Crippen LogP contribution in [0.3, 0.4) is 0 Å². The van der Waals surface area contributed by atoms with Gasteiger partial charge >= 0.3 is 0 Å². The summed E-state index contributed by atoms with van der Waals surface area (Å²) in [5.41, 5.74) is 0. The third-order valence-corrected chi connectivity index (χ3v) is 3.87. The van der Waals surface area contributed by atoms with E-state index in [-0.39, 0.29) is 0 Å². The molecule has 2 unspecified atom stereocenters. The summed E-state index contributed by atoms with van der Waals surface area (Å²) in [4.78, 5) is 5.08. The largest absolute Gasteiger partial charge is 0.317 e. The molecule has 0 aromatic heterocycles. The van der Waals surface area contributed by atoms with Crippen LogP contribution in [0.4, 0.5) is 0 Å². The van der Waals surface area contributed by atoms with E-state index in [9.17, 15) is 0 Å². The lowest BCUT2D eigenvalue weighted by atomic mass is 10.1. The zero-order valence-corrected chi connectivity index (χ0v) is 11.5. The summed E-state index contributed by atoms with van der Waals surface area (Å²) in [6, 6.07) is 1.44. The fourth-order valence-corrected chi connectivity index (χ4v) is 2.60. The lowest BCUT2D eigenvalue weighted by Crippen LogP contribution is -2.50. The predicted octanol–water partition coefficient (Wildman–Crippen LogP) is 1.40. The maximum Gasteiger partial charge on any atom is 0.0195 e. The van der Waals surface area contributed by atoms with Crippen molar-refractivity contribution in [2.45, 2.75) is 45.2 Å². The molecule has 0 radical (unpaired) electrons. The van der Waals surface area contributed by atoms with Crippen LogP contribution in [0.1, 0.15) is 33.1 Å². The predicted molar refractivity (Wildman–Crippen MR) is 70.9 cm³/mol. The highest BCUT2D eigenvalue weighted by Crippen LogP contribution is 2.10. The third-order valence-electron chi connectivity index (χ3n) is 3.87. The van der Waals surface area contributed by atoms with Crippen molar-refractivity contribution < 1.29 is 0 Å². The lowest BCUT2D eigenvalue weighted by molar-refractivity contribution is 0.0977. The van der Waals surface area contributed by atoms with E-state index in [0.717, 1.165) is 6.04 Å². The molecule has 1 aliphatic heterocycles. The Morgan fingerprint density at radius 2 is 2.12 bits per heavy atom. The van der Waals surface area contributed by atoms with Crippen molar-refractivity contribution in [1.82, 2.24) is 15.1 Å². The highest BCUT2D eigenvalue weighted by atomic mass is 15.3. The molecular formula is C13H29N3. The molecule has 2 atom stereocenters. The van der Waals surface area contributed by atoms with E-state index in [2.05, 4.69) is 43.1 Å². The fraction of sp³-hybridized carbons (Fsp3) is 1.00. The maximum absolute atomic E-state index is 3.38. The van der Waals surface area contributed by atoms with Gasteiger partial charge in [-0.1, -0.05) is 6.92 Å². The number of nitrogens with one attached hydrogen (secondary N) is 1. The van der Waals surface area contributed by atoms with Gasteiger partial charge in [-0.05, 0) is 46.8 Å². The number of hydrogen-bond donors (Lipinski definition) is 1. The van der Waals surface area contributed by atoms with Gasteiger partial charge in [0.25, 0.3) is 0 Å². The summed E-state index contributed by atoms with van der Waals surface area (Å²) in [7, 11) is 4.30. The first-order valence-corrected chi connectivity index (χ1v) is 6.77. The molecule has 1 N–H and O–H groups in total. The molecule has 0 amide bonds. The normalized spacial score (nSPS) is 25.9. The zero-order chi connectivity index (χ0) is 12.0. The second-order valence-electron chi connectivity index (χ2n) is 5.18. The van der Waals surface area contributed by atoms with Crippen molar-refractivity contribution in [2.24, 2.45) is 0 Å². The molecule has 0 aromatic rings. The highest BCUT2D eigenvalue weighted by molar-refractivity contribution is 4.77. The average Bonchev–Trinajstić information content (AvgIpc) is 2.27. The second-order valence-corrected chi connectivity index (χ2v) is 5.18. The molecule has 1 fully saturated rings. The number of hydrogen-bond acceptors (Lipinski definition) is 3. The standard InChI is InChI=1S/C13H29N3/c1-5-13(14-3)7-6-8-16-10-9-15(4)11-12(16)2/h12-14H,5-11H2,1-4H3. The Kier molecular flexibility index (Phi) is 6.32. The molecule has 0 saturated carbocycles. The molecule has 0 spiro atoms. The zero-order valence-electron chi connectivity index (χ0n) is 11.5. The molecule has 3 heteroatoms. The number of rotatable bonds is 6. The van der Waals surface area contributed by atoms with Gasteiger partial charge in [-0.25, -0.2) is 0 Å². The quantitative estimate of drug-likeness (QED) is 0.740. The van der Waals surface area contributed by atoms with E-state index in [1.165, 1.54) is 45.4 Å². The molecule has 16 heavy (non-hydrogen) atoms. The first kappa shape index (κ1) is 13.9. The Bertz CT molecular complexity index is 180. The Morgan fingerprint density at radius 3 is 2.69 bits per heavy atom. The Morgan fingerprint density at radius 1 is 1.38 bits per heavy atom. The second kappa shape index (κ2) is 7.25. The van der Waals surface area contributed by atoms with Crippen LogP contribution in [0.5, 0.6) is 0 Å². The molecule has 0 aromatic carbocycles. The Balaban J connectivity index is 2.17. The van der Waals surface area contributed by atoms with Gasteiger partial charge in [0.05, 0.1) is 0 Å². The highest BCUT2D eigenvalue weighted by Gasteiger charge is 2.20. The number of likely N-dealkylation sites (N-methyl/N-ethyl adjacent to an activating group) is 1. The van der Waals surface area contributed by atoms with Gasteiger partial charge in [-0.15, -0.1) is 0 Å². The molecule has 0 bridgehead atoms. The monoisotopic (exact) mass is 227 g/mol. The van der Waals surface area contributed by atoms with Crippen molar-refractivity contribution in [3.8, 4) is 0 Å². The smallest absolute Gasteiger partial charge is 0.0195 e. The third kappa shape index (κ3) is 4.40. The van der Waals surface area contributed by atoms with E-state index in [0.29, 0.717) is 6.04 Å². The topological polar surface area (TPSA) is 18.5 Å². The van der Waals surface area contributed by atoms with Gasteiger partial charge < -0.3 is 10.2 Å². The van der Waals surface area contributed by atoms with Gasteiger partial charge in [-0.3, -0.25) is 4.90 Å². The van der Waals surface area contributed by atoms with Crippen LogP contribution in [-0.2, 0) is 0 Å². The molecule has 1 aliphatic rings. The van der Waals surface area contributed by atoms with E-state index in [4.69, 9.17) is 0 Å². The number of piperazine rings is 1. The van der Waals surface area contributed by atoms with E-state index in [1.54, 1.807) is 0 Å². The van der Waals surface area contributed by atoms with Crippen LogP contribution in [0, 0.1) is 0 Å². The van der Waals surface area contributed by atoms with E-state index >= 15 is 0 Å². The average molecular weight is 227 g/mol. The molecule has 1 saturated heterocycles. The van der Waals surface area contributed by atoms with Crippen LogP contribution < -0.4 is 5.32 Å². The van der Waals surface area contributed by atoms with Gasteiger partial charge in [0.15, 0.2) is 0 Å². The van der Waals surface area contributed by atoms with Gasteiger partial charge in [0.1, 0.15) is 0 Å². The minimum atomic E-state index is 0.711. The van der Waals surface area contributed by atoms with Crippen molar-refractivity contribution >= 4 is 0 Å². The van der Waals surface area contributed by atoms with Gasteiger partial charge in [0, 0.05) is 31.7 Å². The summed E-state index contributed by atoms with van der Waals surface area (Å²) in [6.07, 6.45) is 3.88. The minimum absolute atomic E-state index is 0.711. The lowest BCUT2D eigenvalue weighted by Gasteiger charge is -2.38. The first-order valence-electron chi connectivity index (χ1n) is 6.77. The fourth-order valence-electron chi connectivity index (χ4n) is 2.60. The van der Waals surface area contributed by atoms with E-state index < -0.39 is 0 Å². The Hall–Kier alpha value is -0.120. The number of nitrogens with zero attached hydrogens (tertiary/aromatic N) is 2. The first-order chi connectivity index (χ1) is 7.67. The molecule has 3 nitrogen and oxygen atoms in total. The van der Waals surface area contributed by atoms with Crippen molar-refractivity contribution in [1.29, 1.82) is 0 Å². The van der Waals surface area contributed by atoms with E-state index in [1.807, 2.05) is 0 Å². The van der Waals surface area contributed by atoms with Crippen LogP contribution >= 0.6 is 0 Å². The molecule has 96 valence electrons. The summed E-state index contributed by atoms with van der Waals surface area (Å²) >= 11 is 0. The molecular weight excluding hydrogens is 198 g/mol.